The predicted molar refractivity (Wildman–Crippen MR) is 78.8 cm³/mol. The Morgan fingerprint density at radius 1 is 1.50 bits per heavy atom. The Morgan fingerprint density at radius 3 is 2.95 bits per heavy atom. The Kier molecular flexibility index (Phi) is 4.81. The summed E-state index contributed by atoms with van der Waals surface area (Å²) < 4.78 is 0. The van der Waals surface area contributed by atoms with Gasteiger partial charge >= 0.3 is 5.97 Å². The van der Waals surface area contributed by atoms with Crippen molar-refractivity contribution in [3.8, 4) is 0 Å². The summed E-state index contributed by atoms with van der Waals surface area (Å²) in [5, 5.41) is 16.3. The van der Waals surface area contributed by atoms with Gasteiger partial charge in [-0.15, -0.1) is 0 Å². The molecule has 110 valence electrons. The van der Waals surface area contributed by atoms with Crippen molar-refractivity contribution in [3.63, 3.8) is 0 Å². The summed E-state index contributed by atoms with van der Waals surface area (Å²) in [4.78, 5) is 23.4. The van der Waals surface area contributed by atoms with E-state index >= 15 is 0 Å². The average Bonchev–Trinajstić information content (AvgIpc) is 2.89. The molecule has 2 rings (SSSR count). The zero-order valence-electron chi connectivity index (χ0n) is 11.7. The number of aryl methyl sites for hydroxylation is 1. The molecule has 1 aliphatic rings. The van der Waals surface area contributed by atoms with Crippen LogP contribution < -0.4 is 5.32 Å². The first-order valence-electron chi connectivity index (χ1n) is 7.06. The molecule has 20 heavy (non-hydrogen) atoms. The molecule has 0 spiro atoms. The molecule has 5 heteroatoms. The average molecular weight is 295 g/mol. The van der Waals surface area contributed by atoms with Gasteiger partial charge in [0.1, 0.15) is 0 Å². The van der Waals surface area contributed by atoms with Gasteiger partial charge in [0.25, 0.3) is 0 Å². The van der Waals surface area contributed by atoms with Gasteiger partial charge in [-0.05, 0) is 48.6 Å². The first-order chi connectivity index (χ1) is 9.51. The van der Waals surface area contributed by atoms with E-state index in [2.05, 4.69) is 5.32 Å². The minimum atomic E-state index is -0.801. The number of amides is 1. The lowest BCUT2D eigenvalue weighted by Crippen LogP contribution is -2.55. The van der Waals surface area contributed by atoms with E-state index in [1.807, 2.05) is 23.8 Å². The highest BCUT2D eigenvalue weighted by Gasteiger charge is 2.41. The molecule has 0 aliphatic heterocycles. The number of carbonyl (C=O) groups excluding carboxylic acids is 1. The minimum Gasteiger partial charge on any atom is -0.481 e. The van der Waals surface area contributed by atoms with Crippen LogP contribution in [0.5, 0.6) is 0 Å². The van der Waals surface area contributed by atoms with E-state index < -0.39 is 17.4 Å². The molecule has 0 aromatic carbocycles. The van der Waals surface area contributed by atoms with Crippen LogP contribution in [-0.2, 0) is 16.0 Å². The first kappa shape index (κ1) is 15.0. The Bertz CT molecular complexity index is 471. The van der Waals surface area contributed by atoms with Crippen LogP contribution in [0.3, 0.4) is 0 Å². The topological polar surface area (TPSA) is 66.4 Å². The third kappa shape index (κ3) is 3.60. The predicted octanol–water partition coefficient (Wildman–Crippen LogP) is 2.83. The summed E-state index contributed by atoms with van der Waals surface area (Å²) in [6.07, 6.45) is 4.43. The fourth-order valence-corrected chi connectivity index (χ4v) is 3.66. The largest absolute Gasteiger partial charge is 0.481 e. The number of rotatable bonds is 5. The molecule has 2 unspecified atom stereocenters. The molecule has 1 amide bonds. The van der Waals surface area contributed by atoms with E-state index in [4.69, 9.17) is 0 Å². The summed E-state index contributed by atoms with van der Waals surface area (Å²) in [6.45, 7) is 1.87. The molecule has 0 bridgehead atoms. The third-order valence-electron chi connectivity index (χ3n) is 4.15. The third-order valence-corrected chi connectivity index (χ3v) is 4.88. The molecule has 2 N–H and O–H groups in total. The standard InChI is InChI=1S/C15H21NO3S/c1-15(8-3-2-4-12(15)14(18)19)16-13(17)6-5-11-7-9-20-10-11/h7,9-10,12H,2-6,8H2,1H3,(H,16,17)(H,18,19). The number of carboxylic acid groups (broad SMARTS) is 1. The van der Waals surface area contributed by atoms with Gasteiger partial charge in [-0.25, -0.2) is 0 Å². The molecule has 1 aromatic rings. The smallest absolute Gasteiger partial charge is 0.308 e. The summed E-state index contributed by atoms with van der Waals surface area (Å²) in [5.74, 6) is -1.32. The van der Waals surface area contributed by atoms with Crippen molar-refractivity contribution in [1.82, 2.24) is 5.32 Å². The van der Waals surface area contributed by atoms with E-state index in [1.54, 1.807) is 11.3 Å². The van der Waals surface area contributed by atoms with Gasteiger partial charge < -0.3 is 10.4 Å². The molecular formula is C15H21NO3S. The monoisotopic (exact) mass is 295 g/mol. The Balaban J connectivity index is 1.92. The SMILES string of the molecule is CC1(NC(=O)CCc2ccsc2)CCCCC1C(=O)O. The van der Waals surface area contributed by atoms with Crippen molar-refractivity contribution in [2.24, 2.45) is 5.92 Å². The molecule has 1 saturated carbocycles. The summed E-state index contributed by atoms with van der Waals surface area (Å²) in [6, 6.07) is 2.01. The van der Waals surface area contributed by atoms with Crippen molar-refractivity contribution in [2.45, 2.75) is 51.0 Å². The minimum absolute atomic E-state index is 0.0492. The number of thiophene rings is 1. The lowest BCUT2D eigenvalue weighted by molar-refractivity contribution is -0.146. The second kappa shape index (κ2) is 6.39. The van der Waals surface area contributed by atoms with Crippen molar-refractivity contribution in [3.05, 3.63) is 22.4 Å². The maximum atomic E-state index is 12.1. The second-order valence-corrected chi connectivity index (χ2v) is 6.51. The fraction of sp³-hybridized carbons (Fsp3) is 0.600. The molecule has 4 nitrogen and oxygen atoms in total. The molecule has 2 atom stereocenters. The van der Waals surface area contributed by atoms with Gasteiger partial charge in [0.05, 0.1) is 11.5 Å². The van der Waals surface area contributed by atoms with Gasteiger partial charge in [-0.2, -0.15) is 11.3 Å². The molecule has 1 fully saturated rings. The summed E-state index contributed by atoms with van der Waals surface area (Å²) in [5.41, 5.74) is 0.559. The van der Waals surface area contributed by atoms with E-state index in [0.29, 0.717) is 19.3 Å². The van der Waals surface area contributed by atoms with E-state index in [1.165, 1.54) is 0 Å². The molecule has 0 radical (unpaired) electrons. The second-order valence-electron chi connectivity index (χ2n) is 5.73. The number of carboxylic acids is 1. The van der Waals surface area contributed by atoms with Gasteiger partial charge in [-0.3, -0.25) is 9.59 Å². The molecule has 0 saturated heterocycles. The van der Waals surface area contributed by atoms with Crippen molar-refractivity contribution in [2.75, 3.05) is 0 Å². The highest BCUT2D eigenvalue weighted by Crippen LogP contribution is 2.33. The van der Waals surface area contributed by atoms with Crippen LogP contribution in [0.15, 0.2) is 16.8 Å². The number of hydrogen-bond donors (Lipinski definition) is 2. The summed E-state index contributed by atoms with van der Waals surface area (Å²) >= 11 is 1.62. The van der Waals surface area contributed by atoms with E-state index in [-0.39, 0.29) is 5.91 Å². The maximum Gasteiger partial charge on any atom is 0.308 e. The Labute approximate surface area is 123 Å². The summed E-state index contributed by atoms with van der Waals surface area (Å²) in [7, 11) is 0. The number of hydrogen-bond acceptors (Lipinski definition) is 3. The molecule has 1 aliphatic carbocycles. The lowest BCUT2D eigenvalue weighted by Gasteiger charge is -2.39. The van der Waals surface area contributed by atoms with Crippen LogP contribution in [0.2, 0.25) is 0 Å². The van der Waals surface area contributed by atoms with Gasteiger partial charge in [0.15, 0.2) is 0 Å². The quantitative estimate of drug-likeness (QED) is 0.878. The molecular weight excluding hydrogens is 274 g/mol. The Morgan fingerprint density at radius 2 is 2.30 bits per heavy atom. The molecule has 1 heterocycles. The van der Waals surface area contributed by atoms with Crippen LogP contribution in [0.25, 0.3) is 0 Å². The van der Waals surface area contributed by atoms with Crippen LogP contribution >= 0.6 is 11.3 Å². The van der Waals surface area contributed by atoms with Crippen LogP contribution in [0.1, 0.15) is 44.6 Å². The van der Waals surface area contributed by atoms with E-state index in [9.17, 15) is 14.7 Å². The maximum absolute atomic E-state index is 12.1. The van der Waals surface area contributed by atoms with E-state index in [0.717, 1.165) is 24.8 Å². The zero-order valence-corrected chi connectivity index (χ0v) is 12.5. The Hall–Kier alpha value is -1.36. The highest BCUT2D eigenvalue weighted by molar-refractivity contribution is 7.07. The number of aliphatic carboxylic acids is 1. The van der Waals surface area contributed by atoms with Gasteiger partial charge in [-0.1, -0.05) is 12.8 Å². The number of carbonyl (C=O) groups is 2. The van der Waals surface area contributed by atoms with Crippen LogP contribution in [0, 0.1) is 5.92 Å². The highest BCUT2D eigenvalue weighted by atomic mass is 32.1. The van der Waals surface area contributed by atoms with Gasteiger partial charge in [0.2, 0.25) is 5.91 Å². The lowest BCUT2D eigenvalue weighted by atomic mass is 9.74. The van der Waals surface area contributed by atoms with Crippen LogP contribution in [-0.4, -0.2) is 22.5 Å². The van der Waals surface area contributed by atoms with Crippen molar-refractivity contribution >= 4 is 23.2 Å². The van der Waals surface area contributed by atoms with Crippen LogP contribution in [0.4, 0.5) is 0 Å². The fourth-order valence-electron chi connectivity index (χ4n) is 2.95. The van der Waals surface area contributed by atoms with Crippen molar-refractivity contribution < 1.29 is 14.7 Å². The first-order valence-corrected chi connectivity index (χ1v) is 8.00. The number of nitrogens with one attached hydrogen (secondary N) is 1. The van der Waals surface area contributed by atoms with Crippen molar-refractivity contribution in [1.29, 1.82) is 0 Å². The molecule has 1 aromatic heterocycles. The van der Waals surface area contributed by atoms with Gasteiger partial charge in [0, 0.05) is 6.42 Å². The normalized spacial score (nSPS) is 26.1. The zero-order chi connectivity index (χ0) is 14.6.